The molecule has 1 aromatic heterocycles. The third kappa shape index (κ3) is 4.28. The van der Waals surface area contributed by atoms with Crippen LogP contribution in [0.2, 0.25) is 0 Å². The van der Waals surface area contributed by atoms with Gasteiger partial charge in [-0.1, -0.05) is 32.9 Å². The number of rotatable bonds is 5. The Bertz CT molecular complexity index is 731. The lowest BCUT2D eigenvalue weighted by Crippen LogP contribution is -2.12. The van der Waals surface area contributed by atoms with Gasteiger partial charge in [0.25, 0.3) is 0 Å². The van der Waals surface area contributed by atoms with Crippen LogP contribution in [0.3, 0.4) is 0 Å². The van der Waals surface area contributed by atoms with Crippen LogP contribution in [0.5, 0.6) is 0 Å². The van der Waals surface area contributed by atoms with Gasteiger partial charge in [0.2, 0.25) is 11.8 Å². The van der Waals surface area contributed by atoms with Crippen molar-refractivity contribution in [2.24, 2.45) is 5.73 Å². The SMILES string of the molecule is C[C@@H](c1ncc(C(C)(C)C)o1)[S@](=O)Cc1cccc(C(N)=O)c1. The van der Waals surface area contributed by atoms with Gasteiger partial charge >= 0.3 is 0 Å². The maximum absolute atomic E-state index is 12.5. The van der Waals surface area contributed by atoms with E-state index in [0.29, 0.717) is 17.2 Å². The lowest BCUT2D eigenvalue weighted by atomic mass is 9.94. The second-order valence-electron chi connectivity index (χ2n) is 6.54. The predicted molar refractivity (Wildman–Crippen MR) is 90.4 cm³/mol. The number of benzene rings is 1. The first-order valence-electron chi connectivity index (χ1n) is 7.40. The molecule has 124 valence electrons. The summed E-state index contributed by atoms with van der Waals surface area (Å²) in [5, 5.41) is -0.330. The fraction of sp³-hybridized carbons (Fsp3) is 0.412. The number of primary amides is 1. The molecule has 2 atom stereocenters. The highest BCUT2D eigenvalue weighted by Gasteiger charge is 2.24. The van der Waals surface area contributed by atoms with E-state index >= 15 is 0 Å². The molecule has 1 heterocycles. The number of hydrogen-bond donors (Lipinski definition) is 1. The van der Waals surface area contributed by atoms with Crippen molar-refractivity contribution in [2.75, 3.05) is 0 Å². The second-order valence-corrected chi connectivity index (χ2v) is 8.30. The number of carbonyl (C=O) groups is 1. The number of carbonyl (C=O) groups excluding carboxylic acids is 1. The van der Waals surface area contributed by atoms with Crippen LogP contribution in [-0.2, 0) is 22.0 Å². The quantitative estimate of drug-likeness (QED) is 0.910. The zero-order valence-electron chi connectivity index (χ0n) is 13.8. The Hall–Kier alpha value is -1.95. The number of oxazole rings is 1. The molecule has 0 saturated heterocycles. The number of hydrogen-bond acceptors (Lipinski definition) is 4. The number of aromatic nitrogens is 1. The van der Waals surface area contributed by atoms with Gasteiger partial charge < -0.3 is 10.2 Å². The monoisotopic (exact) mass is 334 g/mol. The van der Waals surface area contributed by atoms with Crippen molar-refractivity contribution in [1.82, 2.24) is 4.98 Å². The molecule has 1 amide bonds. The molecule has 2 rings (SSSR count). The molecule has 0 unspecified atom stereocenters. The van der Waals surface area contributed by atoms with Crippen LogP contribution in [0, 0.1) is 0 Å². The Morgan fingerprint density at radius 2 is 2.09 bits per heavy atom. The molecule has 6 heteroatoms. The highest BCUT2D eigenvalue weighted by Crippen LogP contribution is 2.27. The van der Waals surface area contributed by atoms with E-state index in [1.165, 1.54) is 0 Å². The Kier molecular flexibility index (Phi) is 5.04. The average molecular weight is 334 g/mol. The van der Waals surface area contributed by atoms with Gasteiger partial charge in [0, 0.05) is 27.5 Å². The topological polar surface area (TPSA) is 86.2 Å². The third-order valence-electron chi connectivity index (χ3n) is 3.53. The molecule has 2 N–H and O–H groups in total. The fourth-order valence-corrected chi connectivity index (χ4v) is 3.13. The molecular weight excluding hydrogens is 312 g/mol. The first kappa shape index (κ1) is 17.4. The van der Waals surface area contributed by atoms with E-state index in [4.69, 9.17) is 10.2 Å². The van der Waals surface area contributed by atoms with Crippen molar-refractivity contribution < 1.29 is 13.4 Å². The standard InChI is InChI=1S/C17H22N2O3S/c1-11(16-19-9-14(22-16)17(2,3)4)23(21)10-12-6-5-7-13(8-12)15(18)20/h5-9,11H,10H2,1-4H3,(H2,18,20)/t11-,23+/m0/s1. The molecule has 5 nitrogen and oxygen atoms in total. The van der Waals surface area contributed by atoms with Gasteiger partial charge in [0.15, 0.2) is 0 Å². The Morgan fingerprint density at radius 3 is 2.65 bits per heavy atom. The Morgan fingerprint density at radius 1 is 1.39 bits per heavy atom. The first-order valence-corrected chi connectivity index (χ1v) is 8.79. The van der Waals surface area contributed by atoms with E-state index in [1.807, 2.05) is 33.8 Å². The molecule has 0 aliphatic heterocycles. The van der Waals surface area contributed by atoms with E-state index in [0.717, 1.165) is 11.3 Å². The van der Waals surface area contributed by atoms with Crippen molar-refractivity contribution in [3.05, 3.63) is 53.2 Å². The molecule has 1 aromatic carbocycles. The third-order valence-corrected chi connectivity index (χ3v) is 5.13. The van der Waals surface area contributed by atoms with Crippen LogP contribution < -0.4 is 5.73 Å². The van der Waals surface area contributed by atoms with Gasteiger partial charge in [0.05, 0.1) is 6.20 Å². The lowest BCUT2D eigenvalue weighted by molar-refractivity contribution is 0.1000. The summed E-state index contributed by atoms with van der Waals surface area (Å²) in [6.45, 7) is 7.93. The normalized spacial score (nSPS) is 14.4. The summed E-state index contributed by atoms with van der Waals surface area (Å²) < 4.78 is 18.3. The van der Waals surface area contributed by atoms with Crippen molar-refractivity contribution in [3.63, 3.8) is 0 Å². The molecule has 2 aromatic rings. The smallest absolute Gasteiger partial charge is 0.248 e. The first-order chi connectivity index (χ1) is 10.7. The van der Waals surface area contributed by atoms with Crippen LogP contribution in [0.15, 0.2) is 34.9 Å². The zero-order valence-corrected chi connectivity index (χ0v) is 14.6. The molecule has 0 aliphatic carbocycles. The Balaban J connectivity index is 2.12. The lowest BCUT2D eigenvalue weighted by Gasteiger charge is -2.14. The summed E-state index contributed by atoms with van der Waals surface area (Å²) >= 11 is 0. The summed E-state index contributed by atoms with van der Waals surface area (Å²) in [5.41, 5.74) is 6.35. The van der Waals surface area contributed by atoms with Crippen LogP contribution in [-0.4, -0.2) is 15.1 Å². The minimum Gasteiger partial charge on any atom is -0.444 e. The zero-order chi connectivity index (χ0) is 17.2. The summed E-state index contributed by atoms with van der Waals surface area (Å²) in [7, 11) is -1.21. The molecule has 0 spiro atoms. The molecular formula is C17H22N2O3S. The fourth-order valence-electron chi connectivity index (χ4n) is 2.04. The van der Waals surface area contributed by atoms with Crippen LogP contribution >= 0.6 is 0 Å². The van der Waals surface area contributed by atoms with Crippen molar-refractivity contribution in [1.29, 1.82) is 0 Å². The van der Waals surface area contributed by atoms with Crippen LogP contribution in [0.4, 0.5) is 0 Å². The van der Waals surface area contributed by atoms with E-state index in [2.05, 4.69) is 4.98 Å². The number of nitrogens with zero attached hydrogens (tertiary/aromatic N) is 1. The largest absolute Gasteiger partial charge is 0.444 e. The molecule has 0 fully saturated rings. The van der Waals surface area contributed by atoms with E-state index in [1.54, 1.807) is 24.4 Å². The highest BCUT2D eigenvalue weighted by molar-refractivity contribution is 7.84. The minimum atomic E-state index is -1.21. The van der Waals surface area contributed by atoms with E-state index in [-0.39, 0.29) is 10.7 Å². The molecule has 0 radical (unpaired) electrons. The van der Waals surface area contributed by atoms with Gasteiger partial charge in [-0.3, -0.25) is 9.00 Å². The van der Waals surface area contributed by atoms with Crippen molar-refractivity contribution in [2.45, 2.75) is 44.1 Å². The van der Waals surface area contributed by atoms with Gasteiger partial charge in [-0.2, -0.15) is 0 Å². The van der Waals surface area contributed by atoms with E-state index < -0.39 is 16.7 Å². The van der Waals surface area contributed by atoms with Crippen LogP contribution in [0.1, 0.15) is 60.5 Å². The predicted octanol–water partition coefficient (Wildman–Crippen LogP) is 3.08. The molecule has 0 aliphatic rings. The summed E-state index contributed by atoms with van der Waals surface area (Å²) in [6.07, 6.45) is 1.69. The van der Waals surface area contributed by atoms with Gasteiger partial charge in [0.1, 0.15) is 11.0 Å². The summed E-state index contributed by atoms with van der Waals surface area (Å²) in [6, 6.07) is 6.87. The summed E-state index contributed by atoms with van der Waals surface area (Å²) in [4.78, 5) is 15.5. The second kappa shape index (κ2) is 6.66. The van der Waals surface area contributed by atoms with Crippen molar-refractivity contribution in [3.8, 4) is 0 Å². The average Bonchev–Trinajstić information content (AvgIpc) is 2.96. The number of nitrogens with two attached hydrogens (primary N) is 1. The van der Waals surface area contributed by atoms with Gasteiger partial charge in [-0.05, 0) is 24.6 Å². The van der Waals surface area contributed by atoms with E-state index in [9.17, 15) is 9.00 Å². The van der Waals surface area contributed by atoms with Crippen LogP contribution in [0.25, 0.3) is 0 Å². The van der Waals surface area contributed by atoms with Crippen molar-refractivity contribution >= 4 is 16.7 Å². The molecule has 0 bridgehead atoms. The maximum atomic E-state index is 12.5. The highest BCUT2D eigenvalue weighted by atomic mass is 32.2. The molecule has 0 saturated carbocycles. The Labute approximate surface area is 138 Å². The number of amides is 1. The van der Waals surface area contributed by atoms with Gasteiger partial charge in [-0.25, -0.2) is 4.98 Å². The molecule has 23 heavy (non-hydrogen) atoms. The maximum Gasteiger partial charge on any atom is 0.248 e. The summed E-state index contributed by atoms with van der Waals surface area (Å²) in [5.74, 6) is 1.06. The van der Waals surface area contributed by atoms with Gasteiger partial charge in [-0.15, -0.1) is 0 Å². The minimum absolute atomic E-state index is 0.137.